The standard InChI is InChI=1S/C17H18N4O2/c1-2-8-23-15-5-3-4-13(9-15)16-10-14(11-17(22)21(16)18)20-7-6-19-12-20/h3-7,9-12H,2,8,18H2,1H3. The molecule has 2 N–H and O–H groups in total. The molecule has 6 nitrogen and oxygen atoms in total. The maximum Gasteiger partial charge on any atom is 0.271 e. The number of imidazole rings is 1. The van der Waals surface area contributed by atoms with E-state index in [4.69, 9.17) is 10.6 Å². The third-order valence-electron chi connectivity index (χ3n) is 3.46. The van der Waals surface area contributed by atoms with Gasteiger partial charge in [0.05, 0.1) is 24.3 Å². The van der Waals surface area contributed by atoms with Crippen LogP contribution in [-0.4, -0.2) is 20.8 Å². The molecule has 0 aliphatic carbocycles. The number of nitrogens with two attached hydrogens (primary N) is 1. The summed E-state index contributed by atoms with van der Waals surface area (Å²) in [5, 5.41) is 0. The number of pyridine rings is 1. The Morgan fingerprint density at radius 2 is 2.13 bits per heavy atom. The van der Waals surface area contributed by atoms with E-state index in [1.165, 1.54) is 6.07 Å². The van der Waals surface area contributed by atoms with Gasteiger partial charge in [0.2, 0.25) is 0 Å². The zero-order valence-electron chi connectivity index (χ0n) is 12.8. The minimum atomic E-state index is -0.286. The summed E-state index contributed by atoms with van der Waals surface area (Å²) in [6.07, 6.45) is 6.01. The molecule has 0 atom stereocenters. The molecule has 0 radical (unpaired) electrons. The van der Waals surface area contributed by atoms with Gasteiger partial charge in [-0.05, 0) is 24.6 Å². The van der Waals surface area contributed by atoms with Gasteiger partial charge in [0.25, 0.3) is 5.56 Å². The molecule has 0 amide bonds. The van der Waals surface area contributed by atoms with Crippen LogP contribution in [-0.2, 0) is 0 Å². The Balaban J connectivity index is 2.07. The lowest BCUT2D eigenvalue weighted by molar-refractivity contribution is 0.317. The highest BCUT2D eigenvalue weighted by atomic mass is 16.5. The van der Waals surface area contributed by atoms with Crippen molar-refractivity contribution in [2.75, 3.05) is 12.4 Å². The predicted molar refractivity (Wildman–Crippen MR) is 89.2 cm³/mol. The molecule has 0 spiro atoms. The van der Waals surface area contributed by atoms with Gasteiger partial charge < -0.3 is 15.1 Å². The number of hydrogen-bond donors (Lipinski definition) is 1. The smallest absolute Gasteiger partial charge is 0.271 e. The van der Waals surface area contributed by atoms with E-state index in [-0.39, 0.29) is 5.56 Å². The third-order valence-corrected chi connectivity index (χ3v) is 3.46. The van der Waals surface area contributed by atoms with E-state index < -0.39 is 0 Å². The summed E-state index contributed by atoms with van der Waals surface area (Å²) in [7, 11) is 0. The van der Waals surface area contributed by atoms with Crippen LogP contribution in [0.2, 0.25) is 0 Å². The zero-order chi connectivity index (χ0) is 16.2. The molecular weight excluding hydrogens is 292 g/mol. The summed E-state index contributed by atoms with van der Waals surface area (Å²) in [6, 6.07) is 10.9. The monoisotopic (exact) mass is 310 g/mol. The highest BCUT2D eigenvalue weighted by Crippen LogP contribution is 2.24. The summed E-state index contributed by atoms with van der Waals surface area (Å²) in [6.45, 7) is 2.70. The number of benzene rings is 1. The van der Waals surface area contributed by atoms with E-state index >= 15 is 0 Å². The first-order valence-electron chi connectivity index (χ1n) is 7.43. The van der Waals surface area contributed by atoms with Gasteiger partial charge >= 0.3 is 0 Å². The Morgan fingerprint density at radius 3 is 2.87 bits per heavy atom. The molecule has 3 rings (SSSR count). The highest BCUT2D eigenvalue weighted by Gasteiger charge is 2.09. The number of ether oxygens (including phenoxy) is 1. The van der Waals surface area contributed by atoms with Crippen LogP contribution in [0.1, 0.15) is 13.3 Å². The Hall–Kier alpha value is -3.02. The second-order valence-corrected chi connectivity index (χ2v) is 5.15. The topological polar surface area (TPSA) is 75.1 Å². The lowest BCUT2D eigenvalue weighted by atomic mass is 10.1. The fraction of sp³-hybridized carbons (Fsp3) is 0.176. The summed E-state index contributed by atoms with van der Waals surface area (Å²) < 4.78 is 8.55. The molecule has 6 heteroatoms. The van der Waals surface area contributed by atoms with Crippen molar-refractivity contribution < 1.29 is 4.74 Å². The number of hydrogen-bond acceptors (Lipinski definition) is 4. The summed E-state index contributed by atoms with van der Waals surface area (Å²) in [5.41, 5.74) is 1.86. The van der Waals surface area contributed by atoms with E-state index in [9.17, 15) is 4.79 Å². The lowest BCUT2D eigenvalue weighted by Gasteiger charge is -2.12. The molecule has 3 aromatic rings. The first kappa shape index (κ1) is 14.9. The molecule has 0 aliphatic heterocycles. The van der Waals surface area contributed by atoms with Crippen molar-refractivity contribution >= 4 is 0 Å². The average Bonchev–Trinajstić information content (AvgIpc) is 3.10. The van der Waals surface area contributed by atoms with Gasteiger partial charge in [0, 0.05) is 24.0 Å². The molecule has 1 aromatic carbocycles. The molecule has 2 heterocycles. The van der Waals surface area contributed by atoms with Gasteiger partial charge in [-0.25, -0.2) is 9.66 Å². The van der Waals surface area contributed by atoms with Crippen LogP contribution in [0.5, 0.6) is 5.75 Å². The molecule has 0 saturated heterocycles. The first-order chi connectivity index (χ1) is 11.2. The van der Waals surface area contributed by atoms with Crippen molar-refractivity contribution in [3.05, 3.63) is 65.5 Å². The molecule has 118 valence electrons. The average molecular weight is 310 g/mol. The SMILES string of the molecule is CCCOc1cccc(-c2cc(-n3ccnc3)cc(=O)n2N)c1. The van der Waals surface area contributed by atoms with E-state index in [1.807, 2.05) is 30.3 Å². The van der Waals surface area contributed by atoms with Crippen LogP contribution in [0.4, 0.5) is 0 Å². The van der Waals surface area contributed by atoms with Crippen LogP contribution in [0.15, 0.2) is 59.9 Å². The first-order valence-corrected chi connectivity index (χ1v) is 7.43. The summed E-state index contributed by atoms with van der Waals surface area (Å²) >= 11 is 0. The van der Waals surface area contributed by atoms with Crippen molar-refractivity contribution in [3.8, 4) is 22.7 Å². The Kier molecular flexibility index (Phi) is 4.14. The normalized spacial score (nSPS) is 10.7. The van der Waals surface area contributed by atoms with Gasteiger partial charge in [-0.2, -0.15) is 0 Å². The number of nitrogen functional groups attached to an aromatic ring is 1. The van der Waals surface area contributed by atoms with Gasteiger partial charge in [-0.3, -0.25) is 4.79 Å². The Morgan fingerprint density at radius 1 is 1.26 bits per heavy atom. The molecule has 0 bridgehead atoms. The van der Waals surface area contributed by atoms with Crippen molar-refractivity contribution in [3.63, 3.8) is 0 Å². The fourth-order valence-corrected chi connectivity index (χ4v) is 2.31. The van der Waals surface area contributed by atoms with Crippen LogP contribution in [0, 0.1) is 0 Å². The van der Waals surface area contributed by atoms with Crippen molar-refractivity contribution in [1.82, 2.24) is 14.2 Å². The number of nitrogens with zero attached hydrogens (tertiary/aromatic N) is 3. The molecule has 0 saturated carbocycles. The molecule has 0 unspecified atom stereocenters. The minimum absolute atomic E-state index is 0.286. The largest absolute Gasteiger partial charge is 0.494 e. The maximum absolute atomic E-state index is 12.2. The van der Waals surface area contributed by atoms with Crippen LogP contribution in [0.25, 0.3) is 16.9 Å². The Labute approximate surface area is 133 Å². The Bertz CT molecular complexity index is 853. The molecule has 2 aromatic heterocycles. The summed E-state index contributed by atoms with van der Waals surface area (Å²) in [4.78, 5) is 16.2. The molecule has 0 aliphatic rings. The van der Waals surface area contributed by atoms with Gasteiger partial charge in [-0.15, -0.1) is 0 Å². The van der Waals surface area contributed by atoms with Gasteiger partial charge in [-0.1, -0.05) is 19.1 Å². The minimum Gasteiger partial charge on any atom is -0.494 e. The molecular formula is C17H18N4O2. The van der Waals surface area contributed by atoms with Crippen LogP contribution in [0.3, 0.4) is 0 Å². The van der Waals surface area contributed by atoms with E-state index in [1.54, 1.807) is 23.3 Å². The van der Waals surface area contributed by atoms with E-state index in [2.05, 4.69) is 11.9 Å². The fourth-order valence-electron chi connectivity index (χ4n) is 2.31. The predicted octanol–water partition coefficient (Wildman–Crippen LogP) is 2.20. The summed E-state index contributed by atoms with van der Waals surface area (Å²) in [5.74, 6) is 6.68. The van der Waals surface area contributed by atoms with E-state index in [0.717, 1.165) is 22.4 Å². The van der Waals surface area contributed by atoms with E-state index in [0.29, 0.717) is 18.0 Å². The highest BCUT2D eigenvalue weighted by molar-refractivity contribution is 5.64. The second-order valence-electron chi connectivity index (χ2n) is 5.15. The molecule has 23 heavy (non-hydrogen) atoms. The third kappa shape index (κ3) is 3.11. The van der Waals surface area contributed by atoms with Crippen molar-refractivity contribution in [1.29, 1.82) is 0 Å². The maximum atomic E-state index is 12.2. The lowest BCUT2D eigenvalue weighted by Crippen LogP contribution is -2.28. The van der Waals surface area contributed by atoms with Crippen molar-refractivity contribution in [2.45, 2.75) is 13.3 Å². The number of aromatic nitrogens is 3. The van der Waals surface area contributed by atoms with Gasteiger partial charge in [0.1, 0.15) is 5.75 Å². The van der Waals surface area contributed by atoms with Crippen molar-refractivity contribution in [2.24, 2.45) is 0 Å². The quantitative estimate of drug-likeness (QED) is 0.733. The van der Waals surface area contributed by atoms with Crippen LogP contribution < -0.4 is 16.1 Å². The zero-order valence-corrected chi connectivity index (χ0v) is 12.8. The second kappa shape index (κ2) is 6.39. The van der Waals surface area contributed by atoms with Crippen LogP contribution >= 0.6 is 0 Å². The number of rotatable bonds is 5. The van der Waals surface area contributed by atoms with Gasteiger partial charge in [0.15, 0.2) is 0 Å². The molecule has 0 fully saturated rings.